The Morgan fingerprint density at radius 2 is 2.12 bits per heavy atom. The van der Waals surface area contributed by atoms with Gasteiger partial charge >= 0.3 is 6.09 Å². The predicted molar refractivity (Wildman–Crippen MR) is 71.9 cm³/mol. The Bertz CT molecular complexity index is 451. The van der Waals surface area contributed by atoms with Crippen molar-refractivity contribution in [2.45, 2.75) is 32.8 Å². The number of hydrogen-bond donors (Lipinski definition) is 0. The number of nitrogens with zero attached hydrogens (tertiary/aromatic N) is 1. The fraction of sp³-hybridized carbons (Fsp3) is 0.462. The van der Waals surface area contributed by atoms with Crippen LogP contribution in [-0.4, -0.2) is 26.1 Å². The average molecular weight is 231 g/mol. The van der Waals surface area contributed by atoms with Crippen LogP contribution in [0.2, 0.25) is 0 Å². The maximum Gasteiger partial charge on any atom is 0.414 e. The van der Waals surface area contributed by atoms with Crippen LogP contribution in [0.15, 0.2) is 18.2 Å². The summed E-state index contributed by atoms with van der Waals surface area (Å²) in [6, 6.07) is 6.17. The van der Waals surface area contributed by atoms with Gasteiger partial charge in [-0.15, -0.1) is 0 Å². The number of rotatable bonds is 0. The monoisotopic (exact) mass is 231 g/mol. The second-order valence-electron chi connectivity index (χ2n) is 5.51. The van der Waals surface area contributed by atoms with Crippen molar-refractivity contribution in [3.8, 4) is 0 Å². The quantitative estimate of drug-likeness (QED) is 0.629. The van der Waals surface area contributed by atoms with E-state index in [4.69, 9.17) is 4.74 Å². The highest BCUT2D eigenvalue weighted by atomic mass is 16.6. The summed E-state index contributed by atoms with van der Waals surface area (Å²) in [4.78, 5) is 13.7. The van der Waals surface area contributed by atoms with Crippen LogP contribution in [0.3, 0.4) is 0 Å². The average Bonchev–Trinajstić information content (AvgIpc) is 2.57. The van der Waals surface area contributed by atoms with Gasteiger partial charge in [-0.2, -0.15) is 0 Å². The molecule has 17 heavy (non-hydrogen) atoms. The highest BCUT2D eigenvalue weighted by Crippen LogP contribution is 2.28. The Morgan fingerprint density at radius 1 is 1.41 bits per heavy atom. The lowest BCUT2D eigenvalue weighted by Crippen LogP contribution is -2.35. The van der Waals surface area contributed by atoms with E-state index in [1.807, 2.05) is 32.9 Å². The summed E-state index contributed by atoms with van der Waals surface area (Å²) in [5.41, 5.74) is 3.01. The summed E-state index contributed by atoms with van der Waals surface area (Å²) in [5, 5.41) is 0. The van der Waals surface area contributed by atoms with Gasteiger partial charge in [0.05, 0.1) is 5.69 Å². The Morgan fingerprint density at radius 3 is 2.76 bits per heavy atom. The van der Waals surface area contributed by atoms with Crippen LogP contribution in [-0.2, 0) is 11.2 Å². The third-order valence-electron chi connectivity index (χ3n) is 2.74. The van der Waals surface area contributed by atoms with Crippen molar-refractivity contribution >= 4 is 25.1 Å². The molecule has 2 rings (SSSR count). The molecule has 0 saturated carbocycles. The number of anilines is 1. The van der Waals surface area contributed by atoms with Crippen LogP contribution < -0.4 is 10.4 Å². The van der Waals surface area contributed by atoms with Crippen LogP contribution in [0.5, 0.6) is 0 Å². The molecule has 0 N–H and O–H groups in total. The SMILES string of the molecule is Bc1ccc2c(c1)CCN2C(=O)OC(C)(C)C. The summed E-state index contributed by atoms with van der Waals surface area (Å²) in [6.45, 7) is 6.37. The van der Waals surface area contributed by atoms with Gasteiger partial charge in [0.25, 0.3) is 0 Å². The fourth-order valence-corrected chi connectivity index (χ4v) is 2.04. The Balaban J connectivity index is 2.20. The largest absolute Gasteiger partial charge is 0.443 e. The van der Waals surface area contributed by atoms with E-state index in [0.29, 0.717) is 6.54 Å². The van der Waals surface area contributed by atoms with Crippen LogP contribution in [0.25, 0.3) is 0 Å². The lowest BCUT2D eigenvalue weighted by Gasteiger charge is -2.24. The van der Waals surface area contributed by atoms with E-state index >= 15 is 0 Å². The van der Waals surface area contributed by atoms with E-state index in [-0.39, 0.29) is 6.09 Å². The van der Waals surface area contributed by atoms with Crippen molar-refractivity contribution in [3.05, 3.63) is 23.8 Å². The molecule has 0 spiro atoms. The molecule has 0 bridgehead atoms. The molecular formula is C13H18BNO2. The molecule has 1 aromatic rings. The zero-order chi connectivity index (χ0) is 12.6. The number of carbonyl (C=O) groups is 1. The van der Waals surface area contributed by atoms with Crippen LogP contribution >= 0.6 is 0 Å². The first kappa shape index (κ1) is 12.0. The first-order valence-electron chi connectivity index (χ1n) is 5.97. The molecule has 0 atom stereocenters. The number of amides is 1. The smallest absolute Gasteiger partial charge is 0.414 e. The minimum Gasteiger partial charge on any atom is -0.443 e. The van der Waals surface area contributed by atoms with Gasteiger partial charge in [-0.3, -0.25) is 4.90 Å². The summed E-state index contributed by atoms with van der Waals surface area (Å²) >= 11 is 0. The zero-order valence-corrected chi connectivity index (χ0v) is 10.9. The molecule has 1 aliphatic rings. The third kappa shape index (κ3) is 2.63. The van der Waals surface area contributed by atoms with Gasteiger partial charge in [0.2, 0.25) is 0 Å². The third-order valence-corrected chi connectivity index (χ3v) is 2.74. The molecule has 0 aliphatic carbocycles. The topological polar surface area (TPSA) is 29.5 Å². The molecule has 0 aromatic heterocycles. The van der Waals surface area contributed by atoms with E-state index < -0.39 is 5.60 Å². The molecule has 4 heteroatoms. The zero-order valence-electron chi connectivity index (χ0n) is 10.9. The number of carbonyl (C=O) groups excluding carboxylic acids is 1. The number of fused-ring (bicyclic) bond motifs is 1. The Labute approximate surface area is 103 Å². The lowest BCUT2D eigenvalue weighted by molar-refractivity contribution is 0.0584. The number of ether oxygens (including phenoxy) is 1. The molecule has 0 saturated heterocycles. The normalized spacial score (nSPS) is 14.6. The maximum absolute atomic E-state index is 12.0. The molecule has 1 aromatic carbocycles. The molecular weight excluding hydrogens is 213 g/mol. The molecule has 0 unspecified atom stereocenters. The van der Waals surface area contributed by atoms with Crippen LogP contribution in [0, 0.1) is 0 Å². The minimum absolute atomic E-state index is 0.250. The van der Waals surface area contributed by atoms with Crippen molar-refractivity contribution in [2.75, 3.05) is 11.4 Å². The summed E-state index contributed by atoms with van der Waals surface area (Å²) < 4.78 is 5.40. The van der Waals surface area contributed by atoms with Gasteiger partial charge in [-0.25, -0.2) is 4.79 Å². The summed E-state index contributed by atoms with van der Waals surface area (Å²) in [7, 11) is 2.07. The maximum atomic E-state index is 12.0. The van der Waals surface area contributed by atoms with E-state index in [9.17, 15) is 4.79 Å². The molecule has 0 fully saturated rings. The molecule has 90 valence electrons. The van der Waals surface area contributed by atoms with Gasteiger partial charge in [-0.05, 0) is 38.8 Å². The van der Waals surface area contributed by atoms with Crippen molar-refractivity contribution < 1.29 is 9.53 Å². The highest BCUT2D eigenvalue weighted by molar-refractivity contribution is 6.32. The van der Waals surface area contributed by atoms with Crippen LogP contribution in [0.4, 0.5) is 10.5 Å². The Hall–Kier alpha value is -1.45. The lowest BCUT2D eigenvalue weighted by atomic mass is 9.94. The first-order chi connectivity index (χ1) is 7.87. The molecule has 1 aliphatic heterocycles. The number of benzene rings is 1. The van der Waals surface area contributed by atoms with Gasteiger partial charge in [-0.1, -0.05) is 17.6 Å². The number of hydrogen-bond acceptors (Lipinski definition) is 2. The first-order valence-corrected chi connectivity index (χ1v) is 5.97. The van der Waals surface area contributed by atoms with E-state index in [1.54, 1.807) is 4.90 Å². The molecule has 1 amide bonds. The van der Waals surface area contributed by atoms with Gasteiger partial charge in [0.15, 0.2) is 0 Å². The molecule has 3 nitrogen and oxygen atoms in total. The van der Waals surface area contributed by atoms with Gasteiger partial charge in [0.1, 0.15) is 13.4 Å². The van der Waals surface area contributed by atoms with E-state index in [1.165, 1.54) is 11.0 Å². The van der Waals surface area contributed by atoms with Crippen molar-refractivity contribution in [1.82, 2.24) is 0 Å². The minimum atomic E-state index is -0.440. The fourth-order valence-electron chi connectivity index (χ4n) is 2.04. The second kappa shape index (κ2) is 4.10. The van der Waals surface area contributed by atoms with Crippen molar-refractivity contribution in [1.29, 1.82) is 0 Å². The Kier molecular flexibility index (Phi) is 2.90. The molecule has 1 heterocycles. The van der Waals surface area contributed by atoms with E-state index in [2.05, 4.69) is 13.9 Å². The summed E-state index contributed by atoms with van der Waals surface area (Å²) in [5.74, 6) is 0. The van der Waals surface area contributed by atoms with Crippen molar-refractivity contribution in [3.63, 3.8) is 0 Å². The van der Waals surface area contributed by atoms with Gasteiger partial charge < -0.3 is 4.74 Å². The van der Waals surface area contributed by atoms with E-state index in [0.717, 1.165) is 12.1 Å². The second-order valence-corrected chi connectivity index (χ2v) is 5.51. The standard InChI is InChI=1S/C13H18BNO2/c1-13(2,3)17-12(16)15-7-6-9-8-10(14)4-5-11(9)15/h4-5,8H,6-7,14H2,1-3H3. The predicted octanol–water partition coefficient (Wildman–Crippen LogP) is 1.24. The highest BCUT2D eigenvalue weighted by Gasteiger charge is 2.28. The summed E-state index contributed by atoms with van der Waals surface area (Å²) in [6.07, 6.45) is 0.663. The van der Waals surface area contributed by atoms with Crippen LogP contribution in [0.1, 0.15) is 26.3 Å². The van der Waals surface area contributed by atoms with Crippen molar-refractivity contribution in [2.24, 2.45) is 0 Å². The molecule has 0 radical (unpaired) electrons. The van der Waals surface area contributed by atoms with Gasteiger partial charge in [0, 0.05) is 6.54 Å².